The standard InChI is InChI=1S/C14H23N3O5/c1-13(2,3)22-12(20)17-10-5-6-14(17,11(19)21-4)8-16(7-10)15-9-18/h9-10H,5-8H2,1-4H3,(H,15,18). The minimum atomic E-state index is -1.12. The van der Waals surface area contributed by atoms with Gasteiger partial charge < -0.3 is 9.47 Å². The fourth-order valence-electron chi connectivity index (χ4n) is 3.23. The average molecular weight is 313 g/mol. The molecule has 0 aliphatic carbocycles. The molecule has 2 amide bonds. The number of carbonyl (C=O) groups excluding carboxylic acids is 3. The van der Waals surface area contributed by atoms with Gasteiger partial charge in [0, 0.05) is 6.54 Å². The number of nitrogens with one attached hydrogen (secondary N) is 1. The van der Waals surface area contributed by atoms with Crippen LogP contribution in [0, 0.1) is 0 Å². The average Bonchev–Trinajstić information content (AvgIpc) is 2.66. The second-order valence-electron chi connectivity index (χ2n) is 6.69. The molecule has 0 aromatic rings. The third kappa shape index (κ3) is 2.87. The van der Waals surface area contributed by atoms with Gasteiger partial charge in [0.1, 0.15) is 5.60 Å². The van der Waals surface area contributed by atoms with Gasteiger partial charge in [-0.15, -0.1) is 0 Å². The van der Waals surface area contributed by atoms with Gasteiger partial charge in [-0.2, -0.15) is 0 Å². The van der Waals surface area contributed by atoms with Crippen molar-refractivity contribution in [3.63, 3.8) is 0 Å². The first-order valence-electron chi connectivity index (χ1n) is 7.29. The fourth-order valence-corrected chi connectivity index (χ4v) is 3.23. The van der Waals surface area contributed by atoms with E-state index in [4.69, 9.17) is 9.47 Å². The van der Waals surface area contributed by atoms with E-state index in [0.717, 1.165) is 0 Å². The molecule has 2 aliphatic rings. The van der Waals surface area contributed by atoms with Crippen LogP contribution in [0.3, 0.4) is 0 Å². The van der Waals surface area contributed by atoms with E-state index in [1.54, 1.807) is 25.8 Å². The van der Waals surface area contributed by atoms with Crippen LogP contribution in [-0.2, 0) is 19.1 Å². The number of hydrazine groups is 1. The molecule has 0 saturated carbocycles. The molecule has 2 bridgehead atoms. The third-order valence-corrected chi connectivity index (χ3v) is 3.99. The van der Waals surface area contributed by atoms with Gasteiger partial charge in [0.2, 0.25) is 6.41 Å². The van der Waals surface area contributed by atoms with E-state index in [2.05, 4.69) is 5.43 Å². The van der Waals surface area contributed by atoms with Gasteiger partial charge in [-0.1, -0.05) is 0 Å². The van der Waals surface area contributed by atoms with Crippen molar-refractivity contribution in [3.05, 3.63) is 0 Å². The molecule has 8 nitrogen and oxygen atoms in total. The Labute approximate surface area is 129 Å². The van der Waals surface area contributed by atoms with Crippen LogP contribution in [0.25, 0.3) is 0 Å². The predicted octanol–water partition coefficient (Wildman–Crippen LogP) is 0.274. The van der Waals surface area contributed by atoms with Crippen LogP contribution in [0.2, 0.25) is 0 Å². The van der Waals surface area contributed by atoms with E-state index >= 15 is 0 Å². The summed E-state index contributed by atoms with van der Waals surface area (Å²) in [7, 11) is 1.30. The topological polar surface area (TPSA) is 88.2 Å². The molecule has 0 spiro atoms. The Kier molecular flexibility index (Phi) is 4.32. The van der Waals surface area contributed by atoms with Crippen LogP contribution in [0.1, 0.15) is 33.6 Å². The Morgan fingerprint density at radius 3 is 2.59 bits per heavy atom. The molecule has 0 aromatic heterocycles. The number of rotatable bonds is 3. The van der Waals surface area contributed by atoms with Gasteiger partial charge in [-0.25, -0.2) is 14.6 Å². The quantitative estimate of drug-likeness (QED) is 0.594. The first kappa shape index (κ1) is 16.5. The minimum Gasteiger partial charge on any atom is -0.467 e. The molecule has 0 aromatic carbocycles. The zero-order valence-electron chi connectivity index (χ0n) is 13.4. The van der Waals surface area contributed by atoms with Gasteiger partial charge in [0.25, 0.3) is 0 Å². The molecule has 2 rings (SSSR count). The Morgan fingerprint density at radius 1 is 1.36 bits per heavy atom. The van der Waals surface area contributed by atoms with Crippen molar-refractivity contribution >= 4 is 18.5 Å². The van der Waals surface area contributed by atoms with E-state index in [1.807, 2.05) is 0 Å². The monoisotopic (exact) mass is 313 g/mol. The number of nitrogens with zero attached hydrogens (tertiary/aromatic N) is 2. The van der Waals surface area contributed by atoms with Crippen molar-refractivity contribution in [1.82, 2.24) is 15.3 Å². The Balaban J connectivity index is 2.30. The van der Waals surface area contributed by atoms with Crippen molar-refractivity contribution < 1.29 is 23.9 Å². The van der Waals surface area contributed by atoms with Gasteiger partial charge in [-0.05, 0) is 33.6 Å². The highest BCUT2D eigenvalue weighted by Gasteiger charge is 2.60. The van der Waals surface area contributed by atoms with Crippen molar-refractivity contribution in [2.75, 3.05) is 20.2 Å². The molecule has 2 fully saturated rings. The second kappa shape index (κ2) is 5.75. The number of ether oxygens (including phenoxy) is 2. The minimum absolute atomic E-state index is 0.189. The first-order valence-corrected chi connectivity index (χ1v) is 7.29. The van der Waals surface area contributed by atoms with E-state index in [9.17, 15) is 14.4 Å². The lowest BCUT2D eigenvalue weighted by Gasteiger charge is -2.46. The lowest BCUT2D eigenvalue weighted by Crippen LogP contribution is -2.69. The third-order valence-electron chi connectivity index (χ3n) is 3.99. The lowest BCUT2D eigenvalue weighted by molar-refractivity contribution is -0.160. The number of amides is 2. The van der Waals surface area contributed by atoms with Crippen LogP contribution in [-0.4, -0.2) is 65.8 Å². The van der Waals surface area contributed by atoms with Crippen molar-refractivity contribution in [2.45, 2.75) is 50.8 Å². The smallest absolute Gasteiger partial charge is 0.411 e. The molecule has 2 heterocycles. The number of piperazine rings is 1. The molecule has 124 valence electrons. The normalized spacial score (nSPS) is 28.2. The predicted molar refractivity (Wildman–Crippen MR) is 76.6 cm³/mol. The number of carbonyl (C=O) groups is 3. The molecule has 8 heteroatoms. The highest BCUT2D eigenvalue weighted by Crippen LogP contribution is 2.40. The maximum atomic E-state index is 12.6. The maximum Gasteiger partial charge on any atom is 0.411 e. The Bertz CT molecular complexity index is 476. The number of hydrogen-bond acceptors (Lipinski definition) is 6. The molecule has 2 saturated heterocycles. The van der Waals surface area contributed by atoms with Gasteiger partial charge in [0.15, 0.2) is 5.54 Å². The van der Waals surface area contributed by atoms with Gasteiger partial charge in [-0.3, -0.25) is 15.1 Å². The SMILES string of the molecule is COC(=O)C12CCC(CN(NC=O)C1)N2C(=O)OC(C)(C)C. The number of esters is 1. The first-order chi connectivity index (χ1) is 10.2. The fraction of sp³-hybridized carbons (Fsp3) is 0.786. The number of fused-ring (bicyclic) bond motifs is 2. The van der Waals surface area contributed by atoms with Gasteiger partial charge >= 0.3 is 12.1 Å². The van der Waals surface area contributed by atoms with Crippen LogP contribution in [0.4, 0.5) is 4.79 Å². The molecule has 22 heavy (non-hydrogen) atoms. The van der Waals surface area contributed by atoms with E-state index < -0.39 is 23.2 Å². The van der Waals surface area contributed by atoms with E-state index in [-0.39, 0.29) is 12.6 Å². The van der Waals surface area contributed by atoms with Crippen LogP contribution in [0.15, 0.2) is 0 Å². The summed E-state index contributed by atoms with van der Waals surface area (Å²) in [6, 6.07) is -0.199. The van der Waals surface area contributed by atoms with Crippen molar-refractivity contribution in [3.8, 4) is 0 Å². The largest absolute Gasteiger partial charge is 0.467 e. The molecular weight excluding hydrogens is 290 g/mol. The lowest BCUT2D eigenvalue weighted by atomic mass is 9.95. The molecule has 0 radical (unpaired) electrons. The zero-order chi connectivity index (χ0) is 16.5. The highest BCUT2D eigenvalue weighted by molar-refractivity contribution is 5.87. The van der Waals surface area contributed by atoms with E-state index in [1.165, 1.54) is 12.0 Å². The summed E-state index contributed by atoms with van der Waals surface area (Å²) in [5.41, 5.74) is 0.801. The summed E-state index contributed by atoms with van der Waals surface area (Å²) >= 11 is 0. The number of hydrogen-bond donors (Lipinski definition) is 1. The summed E-state index contributed by atoms with van der Waals surface area (Å²) < 4.78 is 10.4. The summed E-state index contributed by atoms with van der Waals surface area (Å²) in [4.78, 5) is 37.1. The summed E-state index contributed by atoms with van der Waals surface area (Å²) in [5, 5.41) is 1.64. The second-order valence-corrected chi connectivity index (χ2v) is 6.69. The van der Waals surface area contributed by atoms with E-state index in [0.29, 0.717) is 25.8 Å². The zero-order valence-corrected chi connectivity index (χ0v) is 13.4. The Morgan fingerprint density at radius 2 is 2.05 bits per heavy atom. The van der Waals surface area contributed by atoms with Crippen molar-refractivity contribution in [1.29, 1.82) is 0 Å². The van der Waals surface area contributed by atoms with Crippen LogP contribution in [0.5, 0.6) is 0 Å². The van der Waals surface area contributed by atoms with Crippen LogP contribution < -0.4 is 5.43 Å². The summed E-state index contributed by atoms with van der Waals surface area (Å²) in [6.45, 7) is 5.98. The van der Waals surface area contributed by atoms with Crippen molar-refractivity contribution in [2.24, 2.45) is 0 Å². The molecule has 1 N–H and O–H groups in total. The maximum absolute atomic E-state index is 12.6. The van der Waals surface area contributed by atoms with Gasteiger partial charge in [0.05, 0.1) is 19.7 Å². The molecule has 2 atom stereocenters. The highest BCUT2D eigenvalue weighted by atomic mass is 16.6. The molecule has 2 aliphatic heterocycles. The molecular formula is C14H23N3O5. The summed E-state index contributed by atoms with van der Waals surface area (Å²) in [5.74, 6) is -0.488. The Hall–Kier alpha value is -1.83. The summed E-state index contributed by atoms with van der Waals surface area (Å²) in [6.07, 6.45) is 1.19. The number of methoxy groups -OCH3 is 1. The molecule has 2 unspecified atom stereocenters. The van der Waals surface area contributed by atoms with Crippen LogP contribution >= 0.6 is 0 Å².